The number of methoxy groups -OCH3 is 1. The first-order valence-corrected chi connectivity index (χ1v) is 7.67. The molecule has 2 aromatic carbocycles. The zero-order valence-electron chi connectivity index (χ0n) is 12.1. The van der Waals surface area contributed by atoms with Crippen molar-refractivity contribution in [2.75, 3.05) is 7.11 Å². The molecule has 0 saturated carbocycles. The van der Waals surface area contributed by atoms with E-state index in [2.05, 4.69) is 0 Å². The first-order chi connectivity index (χ1) is 10.2. The summed E-state index contributed by atoms with van der Waals surface area (Å²) in [4.78, 5) is 13.2. The van der Waals surface area contributed by atoms with Gasteiger partial charge in [0.2, 0.25) is 0 Å². The third-order valence-electron chi connectivity index (χ3n) is 2.91. The highest BCUT2D eigenvalue weighted by Crippen LogP contribution is 2.26. The maximum Gasteiger partial charge on any atom is 0.339 e. The fourth-order valence-corrected chi connectivity index (χ4v) is 2.68. The average Bonchev–Trinajstić information content (AvgIpc) is 2.55. The number of rotatable bonds is 6. The molecule has 3 nitrogen and oxygen atoms in total. The molecule has 0 saturated heterocycles. The first kappa shape index (κ1) is 15.4. The Morgan fingerprint density at radius 1 is 1.10 bits per heavy atom. The smallest absolute Gasteiger partial charge is 0.339 e. The third-order valence-corrected chi connectivity index (χ3v) is 4.15. The van der Waals surface area contributed by atoms with Gasteiger partial charge in [0.05, 0.1) is 12.7 Å². The predicted molar refractivity (Wildman–Crippen MR) is 84.8 cm³/mol. The normalized spacial score (nSPS) is 11.7. The van der Waals surface area contributed by atoms with Crippen molar-refractivity contribution in [1.29, 1.82) is 0 Å². The van der Waals surface area contributed by atoms with Gasteiger partial charge in [0, 0.05) is 4.90 Å². The molecule has 0 N–H and O–H groups in total. The van der Waals surface area contributed by atoms with Crippen molar-refractivity contribution in [2.24, 2.45) is 0 Å². The summed E-state index contributed by atoms with van der Waals surface area (Å²) in [6, 6.07) is 16.9. The molecular formula is C17H18O3S. The lowest BCUT2D eigenvalue weighted by molar-refractivity contribution is 0.0454. The molecular weight excluding hydrogens is 284 g/mol. The van der Waals surface area contributed by atoms with Crippen molar-refractivity contribution in [2.45, 2.75) is 23.7 Å². The molecule has 0 amide bonds. The Balaban J connectivity index is 1.98. The number of carbonyl (C=O) groups excluding carboxylic acids is 1. The Kier molecular flexibility index (Phi) is 5.69. The highest BCUT2D eigenvalue weighted by molar-refractivity contribution is 7.99. The van der Waals surface area contributed by atoms with E-state index in [0.29, 0.717) is 5.56 Å². The zero-order valence-corrected chi connectivity index (χ0v) is 12.9. The van der Waals surface area contributed by atoms with Crippen LogP contribution in [-0.2, 0) is 4.74 Å². The molecule has 0 aliphatic carbocycles. The van der Waals surface area contributed by atoms with Crippen molar-refractivity contribution in [3.8, 4) is 5.75 Å². The molecule has 0 heterocycles. The summed E-state index contributed by atoms with van der Waals surface area (Å²) in [5.41, 5.74) is 0.338. The van der Waals surface area contributed by atoms with Crippen molar-refractivity contribution >= 4 is 17.7 Å². The minimum Gasteiger partial charge on any atom is -0.497 e. The number of esters is 1. The molecule has 0 radical (unpaired) electrons. The summed E-state index contributed by atoms with van der Waals surface area (Å²) < 4.78 is 10.6. The van der Waals surface area contributed by atoms with Crippen LogP contribution in [0.5, 0.6) is 5.75 Å². The van der Waals surface area contributed by atoms with Crippen molar-refractivity contribution < 1.29 is 14.3 Å². The van der Waals surface area contributed by atoms with Crippen LogP contribution in [0, 0.1) is 0 Å². The quantitative estimate of drug-likeness (QED) is 0.450. The summed E-state index contributed by atoms with van der Waals surface area (Å²) in [7, 11) is 1.59. The van der Waals surface area contributed by atoms with Gasteiger partial charge in [-0.3, -0.25) is 0 Å². The summed E-state index contributed by atoms with van der Waals surface area (Å²) in [6.45, 7) is 2.00. The van der Waals surface area contributed by atoms with Crippen LogP contribution >= 0.6 is 11.8 Å². The summed E-state index contributed by atoms with van der Waals surface area (Å²) in [5, 5.41) is 0. The molecule has 1 unspecified atom stereocenters. The lowest BCUT2D eigenvalue weighted by atomic mass is 10.2. The van der Waals surface area contributed by atoms with Gasteiger partial charge in [0.25, 0.3) is 0 Å². The van der Waals surface area contributed by atoms with Crippen molar-refractivity contribution in [1.82, 2.24) is 0 Å². The maximum atomic E-state index is 12.1. The topological polar surface area (TPSA) is 35.5 Å². The fourth-order valence-electron chi connectivity index (χ4n) is 1.76. The van der Waals surface area contributed by atoms with Crippen LogP contribution in [0.15, 0.2) is 59.5 Å². The van der Waals surface area contributed by atoms with Gasteiger partial charge >= 0.3 is 5.97 Å². The van der Waals surface area contributed by atoms with E-state index >= 15 is 0 Å². The summed E-state index contributed by atoms with van der Waals surface area (Å²) in [5.74, 6) is 0.408. The van der Waals surface area contributed by atoms with E-state index in [1.165, 1.54) is 0 Å². The number of hydrogen-bond acceptors (Lipinski definition) is 4. The van der Waals surface area contributed by atoms with Crippen LogP contribution in [-0.4, -0.2) is 18.5 Å². The van der Waals surface area contributed by atoms with E-state index in [9.17, 15) is 4.79 Å². The van der Waals surface area contributed by atoms with Crippen LogP contribution in [0.3, 0.4) is 0 Å². The number of benzene rings is 2. The Labute approximate surface area is 129 Å². The maximum absolute atomic E-state index is 12.1. The molecule has 4 heteroatoms. The molecule has 0 aromatic heterocycles. The van der Waals surface area contributed by atoms with E-state index in [1.54, 1.807) is 43.1 Å². The molecule has 21 heavy (non-hydrogen) atoms. The number of carbonyl (C=O) groups is 1. The zero-order chi connectivity index (χ0) is 15.1. The lowest BCUT2D eigenvalue weighted by Gasteiger charge is -2.15. The van der Waals surface area contributed by atoms with Gasteiger partial charge < -0.3 is 9.47 Å². The number of hydrogen-bond donors (Lipinski definition) is 0. The monoisotopic (exact) mass is 302 g/mol. The van der Waals surface area contributed by atoms with Gasteiger partial charge in [0.15, 0.2) is 5.44 Å². The predicted octanol–water partition coefficient (Wildman–Crippen LogP) is 4.38. The summed E-state index contributed by atoms with van der Waals surface area (Å²) in [6.07, 6.45) is 0.751. The van der Waals surface area contributed by atoms with Gasteiger partial charge in [-0.1, -0.05) is 36.9 Å². The Bertz CT molecular complexity index is 566. The van der Waals surface area contributed by atoms with Gasteiger partial charge in [-0.25, -0.2) is 4.79 Å². The van der Waals surface area contributed by atoms with E-state index in [4.69, 9.17) is 9.47 Å². The van der Waals surface area contributed by atoms with Crippen LogP contribution in [0.2, 0.25) is 0 Å². The van der Waals surface area contributed by atoms with Crippen LogP contribution < -0.4 is 4.74 Å². The Hall–Kier alpha value is -1.94. The van der Waals surface area contributed by atoms with Gasteiger partial charge in [-0.05, 0) is 42.8 Å². The third kappa shape index (κ3) is 4.53. The molecule has 1 atom stereocenters. The second-order valence-corrected chi connectivity index (χ2v) is 5.64. The minimum atomic E-state index is -0.312. The van der Waals surface area contributed by atoms with E-state index in [1.807, 2.05) is 37.3 Å². The Morgan fingerprint density at radius 3 is 2.33 bits per heavy atom. The lowest BCUT2D eigenvalue weighted by Crippen LogP contribution is -2.14. The van der Waals surface area contributed by atoms with Gasteiger partial charge in [-0.2, -0.15) is 0 Å². The molecule has 0 bridgehead atoms. The van der Waals surface area contributed by atoms with Crippen molar-refractivity contribution in [3.63, 3.8) is 0 Å². The Morgan fingerprint density at radius 2 is 1.76 bits per heavy atom. The highest BCUT2D eigenvalue weighted by Gasteiger charge is 2.15. The molecule has 0 fully saturated rings. The van der Waals surface area contributed by atoms with Crippen LogP contribution in [0.25, 0.3) is 0 Å². The minimum absolute atomic E-state index is 0.193. The van der Waals surface area contributed by atoms with Gasteiger partial charge in [0.1, 0.15) is 5.75 Å². The molecule has 0 aliphatic heterocycles. The fraction of sp³-hybridized carbons (Fsp3) is 0.235. The second-order valence-electron chi connectivity index (χ2n) is 4.40. The molecule has 0 aliphatic rings. The average molecular weight is 302 g/mol. The van der Waals surface area contributed by atoms with Crippen LogP contribution in [0.4, 0.5) is 0 Å². The van der Waals surface area contributed by atoms with Crippen molar-refractivity contribution in [3.05, 3.63) is 60.2 Å². The first-order valence-electron chi connectivity index (χ1n) is 6.79. The second kappa shape index (κ2) is 7.74. The van der Waals surface area contributed by atoms with Crippen LogP contribution in [0.1, 0.15) is 23.7 Å². The molecule has 2 aromatic rings. The SMILES string of the molecule is CCC(OC(=O)c1ccc(OC)cc1)Sc1ccccc1. The molecule has 0 spiro atoms. The molecule has 2 rings (SSSR count). The molecule has 110 valence electrons. The largest absolute Gasteiger partial charge is 0.497 e. The number of ether oxygens (including phenoxy) is 2. The van der Waals surface area contributed by atoms with E-state index in [-0.39, 0.29) is 11.4 Å². The standard InChI is InChI=1S/C17H18O3S/c1-3-16(21-15-7-5-4-6-8-15)20-17(18)13-9-11-14(19-2)12-10-13/h4-12,16H,3H2,1-2H3. The highest BCUT2D eigenvalue weighted by atomic mass is 32.2. The summed E-state index contributed by atoms with van der Waals surface area (Å²) >= 11 is 1.55. The van der Waals surface area contributed by atoms with Gasteiger partial charge in [-0.15, -0.1) is 0 Å². The number of thioether (sulfide) groups is 1. The van der Waals surface area contributed by atoms with E-state index in [0.717, 1.165) is 17.1 Å². The van der Waals surface area contributed by atoms with E-state index < -0.39 is 0 Å².